The van der Waals surface area contributed by atoms with Gasteiger partial charge in [0, 0.05) is 6.54 Å². The molecule has 1 heterocycles. The van der Waals surface area contributed by atoms with Crippen molar-refractivity contribution in [2.45, 2.75) is 211 Å². The fourth-order valence-corrected chi connectivity index (χ4v) is 10.3. The van der Waals surface area contributed by atoms with Gasteiger partial charge in [-0.15, -0.1) is 0 Å². The molecule has 2 aliphatic rings. The van der Waals surface area contributed by atoms with Gasteiger partial charge < -0.3 is 101 Å². The van der Waals surface area contributed by atoms with E-state index in [9.17, 15) is 73.2 Å². The van der Waals surface area contributed by atoms with Crippen molar-refractivity contribution in [1.29, 1.82) is 0 Å². The number of aliphatic imine (C=N–C) groups is 1. The molecule has 32 heteroatoms. The van der Waals surface area contributed by atoms with Crippen LogP contribution in [0.3, 0.4) is 0 Å². The highest BCUT2D eigenvalue weighted by Gasteiger charge is 2.44. The van der Waals surface area contributed by atoms with Crippen LogP contribution in [0.25, 0.3) is 0 Å². The molecule has 1 aromatic rings. The minimum absolute atomic E-state index is 0.0456. The molecule has 22 N–H and O–H groups in total. The fourth-order valence-electron chi connectivity index (χ4n) is 10.3. The molecule has 1 aromatic carbocycles. The van der Waals surface area contributed by atoms with Gasteiger partial charge >= 0.3 is 5.97 Å². The number of aliphatic hydroxyl groups excluding tert-OH is 4. The van der Waals surface area contributed by atoms with Crippen molar-refractivity contribution < 1.29 is 82.7 Å². The number of nitrogens with two attached hydrogens (primary N) is 4. The summed E-state index contributed by atoms with van der Waals surface area (Å²) in [7, 11) is 0. The minimum Gasteiger partial charge on any atom is -0.453 e. The maximum atomic E-state index is 15.4. The van der Waals surface area contributed by atoms with E-state index in [4.69, 9.17) is 27.7 Å². The van der Waals surface area contributed by atoms with Crippen molar-refractivity contribution in [1.82, 2.24) is 53.2 Å². The summed E-state index contributed by atoms with van der Waals surface area (Å²) in [5.41, 5.74) is 22.8. The number of carbonyl (C=O) groups excluding carboxylic acids is 12. The van der Waals surface area contributed by atoms with E-state index in [1.807, 2.05) is 10.6 Å². The molecule has 1 saturated heterocycles. The summed E-state index contributed by atoms with van der Waals surface area (Å²) in [6, 6.07) is -10.6. The Morgan fingerprint density at radius 3 is 1.78 bits per heavy atom. The second kappa shape index (κ2) is 38.1. The van der Waals surface area contributed by atoms with E-state index in [-0.39, 0.29) is 67.9 Å². The molecule has 3 rings (SSSR count). The van der Waals surface area contributed by atoms with Gasteiger partial charge in [-0.1, -0.05) is 118 Å². The highest BCUT2D eigenvalue weighted by molar-refractivity contribution is 6.00. The number of nitrogens with zero attached hydrogens (tertiary/aromatic N) is 1. The van der Waals surface area contributed by atoms with Crippen LogP contribution in [0.1, 0.15) is 138 Å². The lowest BCUT2D eigenvalue weighted by molar-refractivity contribution is -0.159. The number of carbonyl (C=O) groups is 12. The van der Waals surface area contributed by atoms with Crippen LogP contribution in [0, 0.1) is 29.6 Å². The second-order valence-corrected chi connectivity index (χ2v) is 24.8. The third-order valence-corrected chi connectivity index (χ3v) is 15.8. The smallest absolute Gasteiger partial charge is 0.331 e. The van der Waals surface area contributed by atoms with Crippen LogP contribution in [-0.4, -0.2) is 196 Å². The van der Waals surface area contributed by atoms with Crippen LogP contribution in [-0.2, 0) is 62.3 Å². The molecule has 0 unspecified atom stereocenters. The van der Waals surface area contributed by atoms with Crippen molar-refractivity contribution in [3.8, 4) is 0 Å². The van der Waals surface area contributed by atoms with Gasteiger partial charge in [-0.3, -0.25) is 57.7 Å². The van der Waals surface area contributed by atoms with Gasteiger partial charge in [0.05, 0.1) is 31.4 Å². The summed E-state index contributed by atoms with van der Waals surface area (Å²) < 4.78 is 5.95. The number of ether oxygens (including phenoxy) is 1. The molecule has 1 aliphatic carbocycles. The van der Waals surface area contributed by atoms with E-state index in [1.165, 1.54) is 44.2 Å². The monoisotopic (exact) mass is 1300 g/mol. The molecule has 0 bridgehead atoms. The zero-order valence-electron chi connectivity index (χ0n) is 53.9. The second-order valence-electron chi connectivity index (χ2n) is 24.8. The molecule has 11 amide bonds. The predicted molar refractivity (Wildman–Crippen MR) is 333 cm³/mol. The lowest BCUT2D eigenvalue weighted by Gasteiger charge is -2.34. The molecule has 32 nitrogen and oxygen atoms in total. The Bertz CT molecular complexity index is 2710. The number of hydrogen-bond donors (Lipinski definition) is 18. The number of hydrogen-bond acceptors (Lipinski definition) is 19. The summed E-state index contributed by atoms with van der Waals surface area (Å²) >= 11 is 0. The van der Waals surface area contributed by atoms with Crippen LogP contribution in [0.15, 0.2) is 35.3 Å². The van der Waals surface area contributed by atoms with E-state index in [2.05, 4.69) is 47.5 Å². The van der Waals surface area contributed by atoms with E-state index in [1.54, 1.807) is 41.5 Å². The Hall–Kier alpha value is -8.07. The molecule has 1 aliphatic heterocycles. The van der Waals surface area contributed by atoms with Crippen LogP contribution in [0.5, 0.6) is 0 Å². The zero-order chi connectivity index (χ0) is 69.3. The molecular formula is C60H99N15O17. The van der Waals surface area contributed by atoms with Gasteiger partial charge in [-0.25, -0.2) is 4.79 Å². The molecule has 1 saturated carbocycles. The van der Waals surface area contributed by atoms with Crippen LogP contribution in [0.2, 0.25) is 0 Å². The lowest BCUT2D eigenvalue weighted by Crippen LogP contribution is -2.64. The molecule has 0 radical (unpaired) electrons. The predicted octanol–water partition coefficient (Wildman–Crippen LogP) is -4.90. The Morgan fingerprint density at radius 1 is 0.663 bits per heavy atom. The van der Waals surface area contributed by atoms with E-state index in [0.29, 0.717) is 6.42 Å². The third-order valence-electron chi connectivity index (χ3n) is 15.8. The van der Waals surface area contributed by atoms with E-state index in [0.717, 1.165) is 32.6 Å². The Morgan fingerprint density at radius 2 is 1.23 bits per heavy atom. The summed E-state index contributed by atoms with van der Waals surface area (Å²) in [5, 5.41) is 68.3. The fraction of sp³-hybridized carbons (Fsp3) is 0.683. The van der Waals surface area contributed by atoms with Gasteiger partial charge in [0.25, 0.3) is 0 Å². The standard InChI is InChI=1S/C60H99N15O17/c1-10-31(8)41-55(87)73-42(32(9)77)54(86)66-26-40(78)71-44(47(80)49(62)81)57(89)70-39(27-76)59(91)92-48(34-19-12-11-13-20-34)45(75-53(85)38(24-29(4)5)68-50(82)35(61)25-33-17-14-15-18-33)58(90)74-43(46(79)30(6)7)56(88)69-37(23-28(2)3)52(84)67-36(51(83)72-41)21-16-22-65-60(63)64/h11-13,19-20,28-33,35-39,41-48,76-77,79-80H,10,14-18,21-27,61H2,1-9H3,(H2,62,81)(H,66,86)(H,67,84)(H,68,82)(H,69,88)(H,70,89)(H,71,78)(H,72,83)(H,73,87)(H,74,90)(H,75,85)(H4,63,64,65)/t31-,32-,35+,36+,37-,38-,39-,41-,42-,43-,44-,45-,46+,47-,48+/m0/s1. The van der Waals surface area contributed by atoms with Crippen molar-refractivity contribution in [2.24, 2.45) is 57.5 Å². The highest BCUT2D eigenvalue weighted by Crippen LogP contribution is 2.29. The van der Waals surface area contributed by atoms with Gasteiger partial charge in [0.1, 0.15) is 48.3 Å². The topological polar surface area (TPSA) is 532 Å². The average Bonchev–Trinajstić information content (AvgIpc) is 1.58. The number of aliphatic hydroxyl groups is 4. The van der Waals surface area contributed by atoms with Gasteiger partial charge in [0.15, 0.2) is 24.2 Å². The summed E-state index contributed by atoms with van der Waals surface area (Å²) in [6.45, 7) is 11.8. The number of primary amides is 1. The lowest BCUT2D eigenvalue weighted by atomic mass is 9.95. The van der Waals surface area contributed by atoms with Crippen molar-refractivity contribution in [3.05, 3.63) is 35.9 Å². The first kappa shape index (κ1) is 78.2. The van der Waals surface area contributed by atoms with Crippen LogP contribution < -0.4 is 76.1 Å². The molecular weight excluding hydrogens is 1200 g/mol. The van der Waals surface area contributed by atoms with Crippen LogP contribution in [0.4, 0.5) is 0 Å². The molecule has 2 fully saturated rings. The number of nitrogens with one attached hydrogen (secondary N) is 10. The number of esters is 1. The quantitative estimate of drug-likeness (QED) is 0.0211. The summed E-state index contributed by atoms with van der Waals surface area (Å²) in [4.78, 5) is 174. The van der Waals surface area contributed by atoms with Gasteiger partial charge in [-0.2, -0.15) is 0 Å². The minimum atomic E-state index is -2.57. The number of rotatable bonds is 23. The molecule has 15 atom stereocenters. The normalized spacial score (nSPS) is 25.4. The molecule has 516 valence electrons. The van der Waals surface area contributed by atoms with Crippen molar-refractivity contribution in [2.75, 3.05) is 19.7 Å². The number of cyclic esters (lactones) is 1. The molecule has 0 aromatic heterocycles. The summed E-state index contributed by atoms with van der Waals surface area (Å²) in [6.07, 6.45) is -4.26. The van der Waals surface area contributed by atoms with Gasteiger partial charge in [0.2, 0.25) is 65.0 Å². The first-order chi connectivity index (χ1) is 43.2. The van der Waals surface area contributed by atoms with E-state index < -0.39 is 181 Å². The number of amides is 11. The Labute approximate surface area is 535 Å². The maximum Gasteiger partial charge on any atom is 0.331 e. The zero-order valence-corrected chi connectivity index (χ0v) is 53.9. The first-order valence-corrected chi connectivity index (χ1v) is 31.2. The SMILES string of the molecule is CC[C@H](C)[C@@H]1NC(=O)[C@@H](CCCN=C(N)N)NC(=O)[C@H](CC(C)C)NC(=O)[C@H]([C@H](O)C(C)C)NC(=O)[C@@H](NC(=O)[C@H](CC(C)C)NC(=O)[C@H](N)CC2CCCC2)[C@@H](c2ccccc2)OC(=O)[C@H](CO)NC(=O)[C@H]([C@H](O)C(N)=O)NC(=O)CNC(=O)[C@H]([C@H](C)O)NC1=O. The summed E-state index contributed by atoms with van der Waals surface area (Å²) in [5.74, 6) is -16.8. The van der Waals surface area contributed by atoms with E-state index >= 15 is 4.79 Å². The number of guanidine groups is 1. The Kier molecular flexibility index (Phi) is 32.3. The maximum absolute atomic E-state index is 15.4. The van der Waals surface area contributed by atoms with Crippen molar-refractivity contribution in [3.63, 3.8) is 0 Å². The molecule has 92 heavy (non-hydrogen) atoms. The van der Waals surface area contributed by atoms with Crippen molar-refractivity contribution >= 4 is 76.9 Å². The average molecular weight is 1300 g/mol. The Balaban J connectivity index is 2.39. The van der Waals surface area contributed by atoms with Crippen LogP contribution >= 0.6 is 0 Å². The highest BCUT2D eigenvalue weighted by atomic mass is 16.5. The van der Waals surface area contributed by atoms with Gasteiger partial charge in [-0.05, 0) is 74.2 Å². The first-order valence-electron chi connectivity index (χ1n) is 31.2. The largest absolute Gasteiger partial charge is 0.453 e. The number of benzene rings is 1. The molecule has 0 spiro atoms. The third kappa shape index (κ3) is 24.9.